The van der Waals surface area contributed by atoms with E-state index >= 15 is 0 Å². The third-order valence-corrected chi connectivity index (χ3v) is 4.99. The quantitative estimate of drug-likeness (QED) is 0.726. The molecule has 0 spiro atoms. The number of benzene rings is 1. The summed E-state index contributed by atoms with van der Waals surface area (Å²) >= 11 is 1.67. The highest BCUT2D eigenvalue weighted by Crippen LogP contribution is 2.30. The Morgan fingerprint density at radius 3 is 2.57 bits per heavy atom. The zero-order valence-corrected chi connectivity index (χ0v) is 13.3. The summed E-state index contributed by atoms with van der Waals surface area (Å²) in [4.78, 5) is 13.4. The van der Waals surface area contributed by atoms with Crippen LogP contribution in [0.15, 0.2) is 42.0 Å². The van der Waals surface area contributed by atoms with E-state index in [1.165, 1.54) is 0 Å². The highest BCUT2D eigenvalue weighted by molar-refractivity contribution is 7.13. The van der Waals surface area contributed by atoms with E-state index in [0.29, 0.717) is 5.56 Å². The first-order chi connectivity index (χ1) is 11.4. The van der Waals surface area contributed by atoms with Crippen molar-refractivity contribution in [3.05, 3.63) is 47.6 Å². The first-order valence-corrected chi connectivity index (χ1v) is 8.42. The van der Waals surface area contributed by atoms with Crippen molar-refractivity contribution >= 4 is 33.1 Å². The third kappa shape index (κ3) is 2.49. The number of fused-ring (bicyclic) bond motifs is 1. The van der Waals surface area contributed by atoms with Crippen LogP contribution in [-0.4, -0.2) is 36.1 Å². The van der Waals surface area contributed by atoms with E-state index in [2.05, 4.69) is 25.8 Å². The van der Waals surface area contributed by atoms with Crippen molar-refractivity contribution in [3.8, 4) is 6.07 Å². The molecule has 2 aromatic heterocycles. The molecule has 1 saturated heterocycles. The maximum atomic E-state index is 9.48. The van der Waals surface area contributed by atoms with E-state index < -0.39 is 0 Å². The summed E-state index contributed by atoms with van der Waals surface area (Å²) in [6.07, 6.45) is 3.53. The van der Waals surface area contributed by atoms with Crippen LogP contribution in [0.1, 0.15) is 5.56 Å². The normalized spacial score (nSPS) is 14.9. The Morgan fingerprint density at radius 1 is 1.04 bits per heavy atom. The molecular weight excluding hydrogens is 306 g/mol. The molecule has 0 radical (unpaired) electrons. The summed E-state index contributed by atoms with van der Waals surface area (Å²) in [6.45, 7) is 3.58. The van der Waals surface area contributed by atoms with Crippen molar-refractivity contribution in [1.29, 1.82) is 5.26 Å². The second-order valence-electron chi connectivity index (χ2n) is 5.44. The summed E-state index contributed by atoms with van der Waals surface area (Å²) in [5.74, 6) is 0. The molecule has 114 valence electrons. The van der Waals surface area contributed by atoms with E-state index in [0.717, 1.165) is 47.9 Å². The number of anilines is 2. The van der Waals surface area contributed by atoms with Crippen LogP contribution in [0.3, 0.4) is 0 Å². The standard InChI is InChI=1S/C17H15N5S/c18-11-13-12-20-15-4-2-1-3-14(15)16(13)21-6-8-22(9-7-21)17-19-5-10-23-17/h1-5,10,12H,6-9H2. The van der Waals surface area contributed by atoms with Gasteiger partial charge in [0.2, 0.25) is 0 Å². The number of nitrogens with zero attached hydrogens (tertiary/aromatic N) is 5. The second-order valence-corrected chi connectivity index (χ2v) is 6.31. The predicted molar refractivity (Wildman–Crippen MR) is 93.0 cm³/mol. The lowest BCUT2D eigenvalue weighted by molar-refractivity contribution is 0.653. The van der Waals surface area contributed by atoms with Gasteiger partial charge in [0.1, 0.15) is 6.07 Å². The van der Waals surface area contributed by atoms with Gasteiger partial charge in [-0.25, -0.2) is 4.98 Å². The Bertz CT molecular complexity index is 860. The number of piperazine rings is 1. The summed E-state index contributed by atoms with van der Waals surface area (Å²) in [7, 11) is 0. The van der Waals surface area contributed by atoms with Crippen molar-refractivity contribution in [2.24, 2.45) is 0 Å². The van der Waals surface area contributed by atoms with Gasteiger partial charge in [0.15, 0.2) is 5.13 Å². The van der Waals surface area contributed by atoms with Gasteiger partial charge in [-0.2, -0.15) is 5.26 Å². The maximum absolute atomic E-state index is 9.48. The summed E-state index contributed by atoms with van der Waals surface area (Å²) in [5, 5.41) is 13.6. The fourth-order valence-electron chi connectivity index (χ4n) is 3.04. The van der Waals surface area contributed by atoms with Gasteiger partial charge >= 0.3 is 0 Å². The minimum Gasteiger partial charge on any atom is -0.366 e. The first kappa shape index (κ1) is 14.0. The Morgan fingerprint density at radius 2 is 1.83 bits per heavy atom. The molecule has 5 nitrogen and oxygen atoms in total. The molecule has 0 N–H and O–H groups in total. The number of nitriles is 1. The minimum atomic E-state index is 0.645. The zero-order valence-electron chi connectivity index (χ0n) is 12.5. The largest absolute Gasteiger partial charge is 0.366 e. The van der Waals surface area contributed by atoms with E-state index in [-0.39, 0.29) is 0 Å². The summed E-state index contributed by atoms with van der Waals surface area (Å²) in [6, 6.07) is 10.3. The predicted octanol–water partition coefficient (Wildman–Crippen LogP) is 2.89. The van der Waals surface area contributed by atoms with E-state index in [1.807, 2.05) is 35.8 Å². The van der Waals surface area contributed by atoms with Gasteiger partial charge < -0.3 is 9.80 Å². The Labute approximate surface area is 138 Å². The van der Waals surface area contributed by atoms with Crippen LogP contribution in [-0.2, 0) is 0 Å². The molecule has 0 atom stereocenters. The van der Waals surface area contributed by atoms with Crippen molar-refractivity contribution in [2.45, 2.75) is 0 Å². The Kier molecular flexibility index (Phi) is 3.56. The number of thiazole rings is 1. The molecule has 3 heterocycles. The van der Waals surface area contributed by atoms with E-state index in [4.69, 9.17) is 0 Å². The monoisotopic (exact) mass is 321 g/mol. The molecule has 0 saturated carbocycles. The number of pyridine rings is 1. The lowest BCUT2D eigenvalue weighted by atomic mass is 10.1. The SMILES string of the molecule is N#Cc1cnc2ccccc2c1N1CCN(c2nccs2)CC1. The molecule has 0 unspecified atom stereocenters. The molecule has 3 aromatic rings. The van der Waals surface area contributed by atoms with E-state index in [9.17, 15) is 5.26 Å². The molecule has 0 amide bonds. The van der Waals surface area contributed by atoms with Gasteiger partial charge in [-0.15, -0.1) is 11.3 Å². The van der Waals surface area contributed by atoms with Gasteiger partial charge in [-0.1, -0.05) is 18.2 Å². The van der Waals surface area contributed by atoms with Crippen molar-refractivity contribution in [3.63, 3.8) is 0 Å². The summed E-state index contributed by atoms with van der Waals surface area (Å²) in [5.41, 5.74) is 2.59. The molecule has 0 aliphatic carbocycles. The molecule has 1 aromatic carbocycles. The highest BCUT2D eigenvalue weighted by Gasteiger charge is 2.22. The molecule has 6 heteroatoms. The topological polar surface area (TPSA) is 56.1 Å². The van der Waals surface area contributed by atoms with Gasteiger partial charge in [0.25, 0.3) is 0 Å². The fourth-order valence-corrected chi connectivity index (χ4v) is 3.74. The van der Waals surface area contributed by atoms with Crippen LogP contribution in [0, 0.1) is 11.3 Å². The van der Waals surface area contributed by atoms with Crippen LogP contribution in [0.4, 0.5) is 10.8 Å². The third-order valence-electron chi connectivity index (χ3n) is 4.15. The fraction of sp³-hybridized carbons (Fsp3) is 0.235. The van der Waals surface area contributed by atoms with Crippen LogP contribution in [0.5, 0.6) is 0 Å². The number of aromatic nitrogens is 2. The van der Waals surface area contributed by atoms with Gasteiger partial charge in [0, 0.05) is 49.3 Å². The van der Waals surface area contributed by atoms with Crippen LogP contribution < -0.4 is 9.80 Å². The number of para-hydroxylation sites is 1. The summed E-state index contributed by atoms with van der Waals surface area (Å²) < 4.78 is 0. The first-order valence-electron chi connectivity index (χ1n) is 7.54. The molecule has 0 bridgehead atoms. The van der Waals surface area contributed by atoms with Crippen molar-refractivity contribution < 1.29 is 0 Å². The lowest BCUT2D eigenvalue weighted by Crippen LogP contribution is -2.46. The van der Waals surface area contributed by atoms with Crippen LogP contribution >= 0.6 is 11.3 Å². The average Bonchev–Trinajstić information content (AvgIpc) is 3.15. The molecule has 1 aliphatic heterocycles. The lowest BCUT2D eigenvalue weighted by Gasteiger charge is -2.36. The zero-order chi connectivity index (χ0) is 15.6. The Hall–Kier alpha value is -2.65. The highest BCUT2D eigenvalue weighted by atomic mass is 32.1. The molecule has 1 fully saturated rings. The van der Waals surface area contributed by atoms with Crippen LogP contribution in [0.25, 0.3) is 10.9 Å². The maximum Gasteiger partial charge on any atom is 0.185 e. The minimum absolute atomic E-state index is 0.645. The smallest absolute Gasteiger partial charge is 0.185 e. The molecule has 1 aliphatic rings. The van der Waals surface area contributed by atoms with Gasteiger partial charge in [-0.05, 0) is 6.07 Å². The van der Waals surface area contributed by atoms with Crippen molar-refractivity contribution in [1.82, 2.24) is 9.97 Å². The van der Waals surface area contributed by atoms with Gasteiger partial charge in [-0.3, -0.25) is 4.98 Å². The van der Waals surface area contributed by atoms with Gasteiger partial charge in [0.05, 0.1) is 16.8 Å². The molecular formula is C17H15N5S. The second kappa shape index (κ2) is 5.86. The number of rotatable bonds is 2. The number of hydrogen-bond acceptors (Lipinski definition) is 6. The molecule has 4 rings (SSSR count). The van der Waals surface area contributed by atoms with E-state index in [1.54, 1.807) is 17.5 Å². The average molecular weight is 321 g/mol. The Balaban J connectivity index is 1.66. The van der Waals surface area contributed by atoms with Crippen molar-refractivity contribution in [2.75, 3.05) is 36.0 Å². The van der Waals surface area contributed by atoms with Crippen LogP contribution in [0.2, 0.25) is 0 Å². The number of hydrogen-bond donors (Lipinski definition) is 0. The molecule has 23 heavy (non-hydrogen) atoms.